The minimum Gasteiger partial charge on any atom is -0.497 e. The summed E-state index contributed by atoms with van der Waals surface area (Å²) in [5, 5.41) is 0. The summed E-state index contributed by atoms with van der Waals surface area (Å²) < 4.78 is 5.31. The first-order valence-electron chi connectivity index (χ1n) is 8.89. The van der Waals surface area contributed by atoms with Crippen LogP contribution in [-0.2, 0) is 13.1 Å². The molecule has 0 amide bonds. The number of ether oxygens (including phenoxy) is 1. The Kier molecular flexibility index (Phi) is 4.61. The van der Waals surface area contributed by atoms with Crippen LogP contribution in [0.1, 0.15) is 39.6 Å². The van der Waals surface area contributed by atoms with Crippen molar-refractivity contribution in [1.82, 2.24) is 9.80 Å². The summed E-state index contributed by atoms with van der Waals surface area (Å²) in [6, 6.07) is 11.1. The smallest absolute Gasteiger partial charge is 0.118 e. The molecule has 4 heteroatoms. The van der Waals surface area contributed by atoms with Crippen molar-refractivity contribution in [2.24, 2.45) is 0 Å². The zero-order valence-corrected chi connectivity index (χ0v) is 15.4. The molecular formula is C20H26N2OS. The van der Waals surface area contributed by atoms with Gasteiger partial charge in [-0.2, -0.15) is 0 Å². The molecule has 0 spiro atoms. The summed E-state index contributed by atoms with van der Waals surface area (Å²) >= 11 is 2.02. The van der Waals surface area contributed by atoms with Gasteiger partial charge in [0.25, 0.3) is 0 Å². The van der Waals surface area contributed by atoms with Gasteiger partial charge < -0.3 is 9.64 Å². The summed E-state index contributed by atoms with van der Waals surface area (Å²) in [6.45, 7) is 5.86. The van der Waals surface area contributed by atoms with E-state index in [0.29, 0.717) is 5.92 Å². The quantitative estimate of drug-likeness (QED) is 0.837. The molecule has 0 radical (unpaired) electrons. The van der Waals surface area contributed by atoms with Gasteiger partial charge in [0.05, 0.1) is 7.11 Å². The van der Waals surface area contributed by atoms with Crippen LogP contribution in [0.15, 0.2) is 30.3 Å². The highest BCUT2D eigenvalue weighted by Crippen LogP contribution is 2.38. The van der Waals surface area contributed by atoms with E-state index in [-0.39, 0.29) is 0 Å². The number of likely N-dealkylation sites (tertiary alicyclic amines) is 1. The van der Waals surface area contributed by atoms with E-state index < -0.39 is 0 Å². The molecule has 3 heterocycles. The Morgan fingerprint density at radius 3 is 2.62 bits per heavy atom. The average molecular weight is 343 g/mol. The molecule has 2 aliphatic rings. The second-order valence-corrected chi connectivity index (χ2v) is 8.32. The molecule has 128 valence electrons. The predicted octanol–water partition coefficient (Wildman–Crippen LogP) is 3.93. The van der Waals surface area contributed by atoms with Crippen LogP contribution >= 0.6 is 11.3 Å². The van der Waals surface area contributed by atoms with Crippen molar-refractivity contribution in [3.8, 4) is 5.75 Å². The first-order chi connectivity index (χ1) is 11.7. The summed E-state index contributed by atoms with van der Waals surface area (Å²) in [6.07, 6.45) is 2.73. The van der Waals surface area contributed by atoms with Gasteiger partial charge in [-0.05, 0) is 62.3 Å². The maximum atomic E-state index is 5.31. The largest absolute Gasteiger partial charge is 0.497 e. The Bertz CT molecular complexity index is 688. The van der Waals surface area contributed by atoms with E-state index in [1.54, 1.807) is 17.6 Å². The fraction of sp³-hybridized carbons (Fsp3) is 0.500. The van der Waals surface area contributed by atoms with Gasteiger partial charge in [-0.3, -0.25) is 4.90 Å². The molecule has 0 bridgehead atoms. The van der Waals surface area contributed by atoms with Crippen molar-refractivity contribution in [2.45, 2.75) is 31.8 Å². The molecule has 1 atom stereocenters. The highest BCUT2D eigenvalue weighted by molar-refractivity contribution is 7.12. The monoisotopic (exact) mass is 342 g/mol. The number of benzene rings is 1. The lowest BCUT2D eigenvalue weighted by Gasteiger charge is -2.30. The molecule has 0 N–H and O–H groups in total. The van der Waals surface area contributed by atoms with Gasteiger partial charge in [0.2, 0.25) is 0 Å². The molecule has 24 heavy (non-hydrogen) atoms. The molecule has 0 saturated carbocycles. The molecule has 3 nitrogen and oxygen atoms in total. The second kappa shape index (κ2) is 6.87. The molecule has 1 fully saturated rings. The third-order valence-corrected chi connectivity index (χ3v) is 6.39. The fourth-order valence-corrected chi connectivity index (χ4v) is 5.35. The van der Waals surface area contributed by atoms with Crippen molar-refractivity contribution in [3.63, 3.8) is 0 Å². The van der Waals surface area contributed by atoms with Gasteiger partial charge in [-0.1, -0.05) is 12.1 Å². The van der Waals surface area contributed by atoms with Crippen molar-refractivity contribution in [1.29, 1.82) is 0 Å². The van der Waals surface area contributed by atoms with E-state index in [0.717, 1.165) is 25.4 Å². The lowest BCUT2D eigenvalue weighted by Crippen LogP contribution is -2.29. The number of nitrogens with zero attached hydrogens (tertiary/aromatic N) is 2. The molecule has 4 rings (SSSR count). The zero-order chi connectivity index (χ0) is 16.5. The summed E-state index contributed by atoms with van der Waals surface area (Å²) in [5.41, 5.74) is 2.95. The van der Waals surface area contributed by atoms with Crippen molar-refractivity contribution >= 4 is 11.3 Å². The molecular weight excluding hydrogens is 316 g/mol. The first kappa shape index (κ1) is 16.1. The highest BCUT2D eigenvalue weighted by atomic mass is 32.1. The SMILES string of the molecule is COc1ccc(C2CN(C)Cc3sc(CN4CCCC4)cc32)cc1. The summed E-state index contributed by atoms with van der Waals surface area (Å²) in [4.78, 5) is 8.14. The molecule has 2 aromatic rings. The zero-order valence-electron chi connectivity index (χ0n) is 14.6. The predicted molar refractivity (Wildman–Crippen MR) is 100 cm³/mol. The van der Waals surface area contributed by atoms with E-state index in [2.05, 4.69) is 47.2 Å². The summed E-state index contributed by atoms with van der Waals surface area (Å²) in [7, 11) is 3.96. The Morgan fingerprint density at radius 2 is 1.92 bits per heavy atom. The van der Waals surface area contributed by atoms with Gasteiger partial charge in [-0.15, -0.1) is 11.3 Å². The third kappa shape index (κ3) is 3.23. The standard InChI is InChI=1S/C20H26N2OS/c1-21-13-19(15-5-7-16(23-2)8-6-15)18-11-17(24-20(18)14-21)12-22-9-3-4-10-22/h5-8,11,19H,3-4,9-10,12-14H2,1-2H3. The van der Waals surface area contributed by atoms with Crippen LogP contribution in [0.3, 0.4) is 0 Å². The second-order valence-electron chi connectivity index (χ2n) is 7.10. The lowest BCUT2D eigenvalue weighted by atomic mass is 9.88. The van der Waals surface area contributed by atoms with E-state index in [4.69, 9.17) is 4.74 Å². The van der Waals surface area contributed by atoms with E-state index >= 15 is 0 Å². The van der Waals surface area contributed by atoms with E-state index in [9.17, 15) is 0 Å². The van der Waals surface area contributed by atoms with Crippen molar-refractivity contribution in [3.05, 3.63) is 51.2 Å². The number of hydrogen-bond donors (Lipinski definition) is 0. The highest BCUT2D eigenvalue weighted by Gasteiger charge is 2.27. The van der Waals surface area contributed by atoms with Crippen LogP contribution in [0.25, 0.3) is 0 Å². The van der Waals surface area contributed by atoms with Gasteiger partial charge in [0.1, 0.15) is 5.75 Å². The Morgan fingerprint density at radius 1 is 1.17 bits per heavy atom. The molecule has 1 saturated heterocycles. The van der Waals surface area contributed by atoms with Gasteiger partial charge >= 0.3 is 0 Å². The molecule has 1 aromatic heterocycles. The number of hydrogen-bond acceptors (Lipinski definition) is 4. The van der Waals surface area contributed by atoms with E-state index in [1.165, 1.54) is 36.4 Å². The van der Waals surface area contributed by atoms with Crippen LogP contribution in [0.5, 0.6) is 5.75 Å². The maximum Gasteiger partial charge on any atom is 0.118 e. The molecule has 1 unspecified atom stereocenters. The third-order valence-electron chi connectivity index (χ3n) is 5.27. The molecule has 1 aromatic carbocycles. The maximum absolute atomic E-state index is 5.31. The van der Waals surface area contributed by atoms with Crippen LogP contribution < -0.4 is 4.74 Å². The van der Waals surface area contributed by atoms with Crippen LogP contribution in [0.2, 0.25) is 0 Å². The Balaban J connectivity index is 1.61. The van der Waals surface area contributed by atoms with Gasteiger partial charge in [0.15, 0.2) is 0 Å². The van der Waals surface area contributed by atoms with Gasteiger partial charge in [-0.25, -0.2) is 0 Å². The van der Waals surface area contributed by atoms with Crippen molar-refractivity contribution in [2.75, 3.05) is 33.8 Å². The van der Waals surface area contributed by atoms with Crippen molar-refractivity contribution < 1.29 is 4.74 Å². The van der Waals surface area contributed by atoms with Crippen LogP contribution in [0, 0.1) is 0 Å². The van der Waals surface area contributed by atoms with E-state index in [1.807, 2.05) is 11.3 Å². The lowest BCUT2D eigenvalue weighted by molar-refractivity contribution is 0.299. The van der Waals surface area contributed by atoms with Crippen LogP contribution in [-0.4, -0.2) is 43.6 Å². The number of rotatable bonds is 4. The minimum atomic E-state index is 0.480. The molecule has 2 aliphatic heterocycles. The average Bonchev–Trinajstić information content (AvgIpc) is 3.24. The fourth-order valence-electron chi connectivity index (χ4n) is 4.00. The first-order valence-corrected chi connectivity index (χ1v) is 9.71. The van der Waals surface area contributed by atoms with Gasteiger partial charge in [0, 0.05) is 35.3 Å². The Labute approximate surface area is 148 Å². The number of likely N-dealkylation sites (N-methyl/N-ethyl adjacent to an activating group) is 1. The normalized spacial score (nSPS) is 21.8. The number of thiophene rings is 1. The number of fused-ring (bicyclic) bond motifs is 1. The number of methoxy groups -OCH3 is 1. The minimum absolute atomic E-state index is 0.480. The Hall–Kier alpha value is -1.36. The summed E-state index contributed by atoms with van der Waals surface area (Å²) in [5.74, 6) is 1.41. The topological polar surface area (TPSA) is 15.7 Å². The van der Waals surface area contributed by atoms with Crippen LogP contribution in [0.4, 0.5) is 0 Å². The molecule has 0 aliphatic carbocycles.